The summed E-state index contributed by atoms with van der Waals surface area (Å²) in [5.41, 5.74) is 0.288. The number of hydrogen-bond donors (Lipinski definition) is 1. The van der Waals surface area contributed by atoms with Crippen LogP contribution < -0.4 is 0 Å². The Balaban J connectivity index is 0.000000302. The third-order valence-corrected chi connectivity index (χ3v) is 1.96. The van der Waals surface area contributed by atoms with Crippen LogP contribution in [0.25, 0.3) is 0 Å². The Morgan fingerprint density at radius 2 is 2.24 bits per heavy atom. The molecule has 1 heterocycles. The number of rotatable bonds is 3. The van der Waals surface area contributed by atoms with Gasteiger partial charge in [0.2, 0.25) is 5.91 Å². The van der Waals surface area contributed by atoms with Gasteiger partial charge in [-0.05, 0) is 26.5 Å². The normalized spacial score (nSPS) is 15.7. The van der Waals surface area contributed by atoms with Crippen molar-refractivity contribution >= 4 is 11.9 Å². The van der Waals surface area contributed by atoms with E-state index in [0.717, 1.165) is 13.0 Å². The van der Waals surface area contributed by atoms with Crippen molar-refractivity contribution in [3.63, 3.8) is 0 Å². The highest BCUT2D eigenvalue weighted by molar-refractivity contribution is 5.86. The minimum atomic E-state index is -1.05. The molecule has 1 saturated heterocycles. The van der Waals surface area contributed by atoms with Crippen LogP contribution in [0.1, 0.15) is 26.7 Å². The van der Waals surface area contributed by atoms with Crippen molar-refractivity contribution in [2.45, 2.75) is 33.0 Å². The first kappa shape index (κ1) is 15.4. The minimum absolute atomic E-state index is 0.208. The van der Waals surface area contributed by atoms with Crippen molar-refractivity contribution in [1.29, 1.82) is 0 Å². The molecule has 0 bridgehead atoms. The lowest BCUT2D eigenvalue weighted by Crippen LogP contribution is -2.16. The lowest BCUT2D eigenvalue weighted by atomic mass is 10.4. The van der Waals surface area contributed by atoms with Crippen LogP contribution in [0, 0.1) is 0 Å². The molecular formula is C12H19NO4. The van der Waals surface area contributed by atoms with Crippen LogP contribution >= 0.6 is 0 Å². The monoisotopic (exact) mass is 241 g/mol. The van der Waals surface area contributed by atoms with Crippen molar-refractivity contribution in [1.82, 2.24) is 4.90 Å². The summed E-state index contributed by atoms with van der Waals surface area (Å²) in [5, 5.41) is 8.49. The quantitative estimate of drug-likeness (QED) is 0.458. The highest BCUT2D eigenvalue weighted by Crippen LogP contribution is 2.08. The van der Waals surface area contributed by atoms with E-state index in [0.29, 0.717) is 6.42 Å². The summed E-state index contributed by atoms with van der Waals surface area (Å²) in [4.78, 5) is 22.8. The fourth-order valence-electron chi connectivity index (χ4n) is 1.12. The molecule has 1 unspecified atom stereocenters. The topological polar surface area (TPSA) is 66.8 Å². The largest absolute Gasteiger partial charge is 0.433 e. The van der Waals surface area contributed by atoms with Gasteiger partial charge in [0.25, 0.3) is 0 Å². The zero-order chi connectivity index (χ0) is 13.4. The summed E-state index contributed by atoms with van der Waals surface area (Å²) < 4.78 is 4.33. The van der Waals surface area contributed by atoms with Crippen LogP contribution in [-0.2, 0) is 14.3 Å². The number of hydrogen-bond acceptors (Lipinski definition) is 4. The van der Waals surface area contributed by atoms with Crippen molar-refractivity contribution in [2.75, 3.05) is 6.54 Å². The van der Waals surface area contributed by atoms with Gasteiger partial charge in [-0.1, -0.05) is 13.2 Å². The van der Waals surface area contributed by atoms with E-state index in [9.17, 15) is 9.59 Å². The second-order valence-corrected chi connectivity index (χ2v) is 3.66. The lowest BCUT2D eigenvalue weighted by Gasteiger charge is -2.05. The van der Waals surface area contributed by atoms with E-state index >= 15 is 0 Å². The molecule has 1 amide bonds. The number of likely N-dealkylation sites (tertiary alicyclic amines) is 1. The van der Waals surface area contributed by atoms with Gasteiger partial charge in [0, 0.05) is 18.5 Å². The lowest BCUT2D eigenvalue weighted by molar-refractivity contribution is -0.159. The molecule has 0 aromatic rings. The number of aliphatic hydroxyl groups excluding tert-OH is 1. The van der Waals surface area contributed by atoms with Crippen LogP contribution in [0.5, 0.6) is 0 Å². The zero-order valence-electron chi connectivity index (χ0n) is 10.3. The molecule has 0 saturated carbocycles. The van der Waals surface area contributed by atoms with Crippen LogP contribution in [0.3, 0.4) is 0 Å². The molecule has 1 fully saturated rings. The first-order valence-corrected chi connectivity index (χ1v) is 5.35. The van der Waals surface area contributed by atoms with Gasteiger partial charge in [-0.15, -0.1) is 0 Å². The van der Waals surface area contributed by atoms with Gasteiger partial charge in [0.1, 0.15) is 0 Å². The molecule has 5 heteroatoms. The number of nitrogens with zero attached hydrogens (tertiary/aromatic N) is 1. The molecule has 1 aliphatic rings. The fourth-order valence-corrected chi connectivity index (χ4v) is 1.12. The minimum Gasteiger partial charge on any atom is -0.433 e. The summed E-state index contributed by atoms with van der Waals surface area (Å²) in [7, 11) is 0. The van der Waals surface area contributed by atoms with Gasteiger partial charge >= 0.3 is 5.97 Å². The molecule has 1 N–H and O–H groups in total. The predicted octanol–water partition coefficient (Wildman–Crippen LogP) is 1.20. The van der Waals surface area contributed by atoms with E-state index in [2.05, 4.69) is 17.9 Å². The second-order valence-electron chi connectivity index (χ2n) is 3.66. The maximum absolute atomic E-state index is 10.7. The molecule has 0 aromatic heterocycles. The van der Waals surface area contributed by atoms with Gasteiger partial charge in [-0.2, -0.15) is 0 Å². The van der Waals surface area contributed by atoms with Crippen LogP contribution in [0.4, 0.5) is 0 Å². The first-order valence-electron chi connectivity index (χ1n) is 5.35. The summed E-state index contributed by atoms with van der Waals surface area (Å²) in [6.45, 7) is 10.6. The van der Waals surface area contributed by atoms with E-state index in [4.69, 9.17) is 5.11 Å². The average Bonchev–Trinajstić information content (AvgIpc) is 2.63. The van der Waals surface area contributed by atoms with Crippen molar-refractivity contribution in [3.8, 4) is 0 Å². The summed E-state index contributed by atoms with van der Waals surface area (Å²) >= 11 is 0. The van der Waals surface area contributed by atoms with Crippen molar-refractivity contribution in [2.24, 2.45) is 0 Å². The maximum Gasteiger partial charge on any atom is 0.335 e. The number of ether oxygens (including phenoxy) is 1. The number of amides is 1. The molecule has 96 valence electrons. The van der Waals surface area contributed by atoms with Gasteiger partial charge in [-0.25, -0.2) is 4.79 Å². The number of esters is 1. The molecule has 1 rings (SSSR count). The zero-order valence-corrected chi connectivity index (χ0v) is 10.3. The van der Waals surface area contributed by atoms with Gasteiger partial charge in [-0.3, -0.25) is 4.79 Å². The second kappa shape index (κ2) is 7.62. The summed E-state index contributed by atoms with van der Waals surface area (Å²) in [6, 6.07) is 0. The van der Waals surface area contributed by atoms with E-state index < -0.39 is 12.3 Å². The van der Waals surface area contributed by atoms with Gasteiger partial charge < -0.3 is 14.7 Å². The smallest absolute Gasteiger partial charge is 0.335 e. The van der Waals surface area contributed by atoms with Crippen molar-refractivity contribution < 1.29 is 19.4 Å². The average molecular weight is 241 g/mol. The van der Waals surface area contributed by atoms with Crippen LogP contribution in [0.2, 0.25) is 0 Å². The van der Waals surface area contributed by atoms with E-state index in [1.54, 1.807) is 11.1 Å². The molecule has 5 nitrogen and oxygen atoms in total. The Morgan fingerprint density at radius 1 is 1.65 bits per heavy atom. The molecule has 0 spiro atoms. The number of aliphatic hydroxyl groups is 1. The molecule has 1 atom stereocenters. The number of carbonyl (C=O) groups is 2. The van der Waals surface area contributed by atoms with Crippen LogP contribution in [0.15, 0.2) is 24.9 Å². The van der Waals surface area contributed by atoms with Crippen LogP contribution in [-0.4, -0.2) is 34.7 Å². The summed E-state index contributed by atoms with van der Waals surface area (Å²) in [6.07, 6.45) is 2.24. The highest BCUT2D eigenvalue weighted by Gasteiger charge is 2.16. The van der Waals surface area contributed by atoms with Gasteiger partial charge in [0.05, 0.1) is 0 Å². The molecule has 1 aliphatic heterocycles. The molecule has 0 radical (unpaired) electrons. The first-order chi connectivity index (χ1) is 7.88. The highest BCUT2D eigenvalue weighted by atomic mass is 16.6. The Hall–Kier alpha value is -1.62. The van der Waals surface area contributed by atoms with E-state index in [1.807, 2.05) is 0 Å². The Kier molecular flexibility index (Phi) is 6.89. The van der Waals surface area contributed by atoms with E-state index in [-0.39, 0.29) is 11.5 Å². The molecule has 0 aliphatic carbocycles. The van der Waals surface area contributed by atoms with Gasteiger partial charge in [0.15, 0.2) is 6.29 Å². The Labute approximate surface area is 101 Å². The molecular weight excluding hydrogens is 222 g/mol. The molecule has 17 heavy (non-hydrogen) atoms. The molecule has 0 aromatic carbocycles. The van der Waals surface area contributed by atoms with Crippen molar-refractivity contribution in [3.05, 3.63) is 24.9 Å². The predicted molar refractivity (Wildman–Crippen MR) is 63.7 cm³/mol. The van der Waals surface area contributed by atoms with E-state index in [1.165, 1.54) is 13.8 Å². The summed E-state index contributed by atoms with van der Waals surface area (Å²) in [5.74, 6) is -0.356. The third kappa shape index (κ3) is 6.52. The maximum atomic E-state index is 10.7. The Bertz CT molecular complexity index is 310. The third-order valence-electron chi connectivity index (χ3n) is 1.96. The SMILES string of the molecule is C=C(C)C(=O)OC(C)O.C=CN1CCCC1=O. The standard InChI is InChI=1S/C6H9NO.C6H10O3/c1-2-7-5-3-4-6(7)8;1-4(2)6(8)9-5(3)7/h2H,1,3-5H2;5,7H,1H2,2-3H3. The Morgan fingerprint density at radius 3 is 2.41 bits per heavy atom. The number of carbonyl (C=O) groups excluding carboxylic acids is 2. The fraction of sp³-hybridized carbons (Fsp3) is 0.500.